The van der Waals surface area contributed by atoms with Gasteiger partial charge in [0.1, 0.15) is 0 Å². The van der Waals surface area contributed by atoms with E-state index in [1.807, 2.05) is 0 Å². The third-order valence-electron chi connectivity index (χ3n) is 3.36. The number of halogens is 2. The minimum atomic E-state index is -1.13. The number of hydrogen-bond donors (Lipinski definition) is 3. The Morgan fingerprint density at radius 3 is 2.33 bits per heavy atom. The standard InChI is InChI=1S/C17H16F2N2O3/c18-14-6-5-11(7-15(14)19)17(24)21-9-16(23)20-8-12-3-1-2-4-13(12)10-22/h1-7,22H,8-10H2,(H,20,23)(H,21,24). The van der Waals surface area contributed by atoms with Crippen molar-refractivity contribution >= 4 is 11.8 Å². The molecule has 0 bridgehead atoms. The van der Waals surface area contributed by atoms with E-state index in [2.05, 4.69) is 10.6 Å². The number of carbonyl (C=O) groups excluding carboxylic acids is 2. The van der Waals surface area contributed by atoms with Crippen molar-refractivity contribution in [2.45, 2.75) is 13.2 Å². The molecule has 0 aliphatic rings. The van der Waals surface area contributed by atoms with Crippen LogP contribution in [-0.2, 0) is 17.9 Å². The van der Waals surface area contributed by atoms with Crippen molar-refractivity contribution < 1.29 is 23.5 Å². The van der Waals surface area contributed by atoms with Gasteiger partial charge in [0.2, 0.25) is 5.91 Å². The first-order chi connectivity index (χ1) is 11.5. The topological polar surface area (TPSA) is 78.4 Å². The Hall–Kier alpha value is -2.80. The summed E-state index contributed by atoms with van der Waals surface area (Å²) >= 11 is 0. The summed E-state index contributed by atoms with van der Waals surface area (Å²) in [4.78, 5) is 23.5. The quantitative estimate of drug-likeness (QED) is 0.749. The first kappa shape index (κ1) is 17.6. The molecule has 0 aromatic heterocycles. The largest absolute Gasteiger partial charge is 0.392 e. The molecule has 24 heavy (non-hydrogen) atoms. The molecule has 0 saturated carbocycles. The van der Waals surface area contributed by atoms with Crippen molar-refractivity contribution in [3.05, 3.63) is 70.8 Å². The van der Waals surface area contributed by atoms with Crippen molar-refractivity contribution in [3.8, 4) is 0 Å². The van der Waals surface area contributed by atoms with E-state index in [1.54, 1.807) is 24.3 Å². The van der Waals surface area contributed by atoms with E-state index in [4.69, 9.17) is 0 Å². The second-order valence-corrected chi connectivity index (χ2v) is 5.02. The van der Waals surface area contributed by atoms with Gasteiger partial charge < -0.3 is 15.7 Å². The van der Waals surface area contributed by atoms with Gasteiger partial charge in [-0.3, -0.25) is 9.59 Å². The van der Waals surface area contributed by atoms with Crippen molar-refractivity contribution in [2.24, 2.45) is 0 Å². The van der Waals surface area contributed by atoms with Crippen LogP contribution in [0, 0.1) is 11.6 Å². The number of carbonyl (C=O) groups is 2. The number of amides is 2. The van der Waals surface area contributed by atoms with E-state index in [9.17, 15) is 23.5 Å². The van der Waals surface area contributed by atoms with Gasteiger partial charge in [-0.05, 0) is 29.3 Å². The van der Waals surface area contributed by atoms with Gasteiger partial charge in [0.15, 0.2) is 11.6 Å². The van der Waals surface area contributed by atoms with Gasteiger partial charge in [0, 0.05) is 12.1 Å². The van der Waals surface area contributed by atoms with Crippen molar-refractivity contribution in [1.29, 1.82) is 0 Å². The average molecular weight is 334 g/mol. The zero-order valence-corrected chi connectivity index (χ0v) is 12.7. The molecule has 2 aromatic carbocycles. The molecule has 0 aliphatic carbocycles. The maximum Gasteiger partial charge on any atom is 0.251 e. The van der Waals surface area contributed by atoms with Crippen LogP contribution in [0.25, 0.3) is 0 Å². The number of hydrogen-bond acceptors (Lipinski definition) is 3. The molecule has 2 aromatic rings. The SMILES string of the molecule is O=C(CNC(=O)c1ccc(F)c(F)c1)NCc1ccccc1CO. The van der Waals surface area contributed by atoms with Crippen molar-refractivity contribution in [1.82, 2.24) is 10.6 Å². The number of rotatable bonds is 6. The van der Waals surface area contributed by atoms with E-state index in [1.165, 1.54) is 0 Å². The van der Waals surface area contributed by atoms with Gasteiger partial charge in [0.25, 0.3) is 5.91 Å². The molecule has 3 N–H and O–H groups in total. The molecule has 0 spiro atoms. The Labute approximate surface area is 137 Å². The van der Waals surface area contributed by atoms with E-state index in [-0.39, 0.29) is 25.3 Å². The molecule has 0 heterocycles. The highest BCUT2D eigenvalue weighted by Gasteiger charge is 2.11. The fourth-order valence-corrected chi connectivity index (χ4v) is 2.04. The Balaban J connectivity index is 1.84. The van der Waals surface area contributed by atoms with Crippen LogP contribution in [0.15, 0.2) is 42.5 Å². The van der Waals surface area contributed by atoms with E-state index in [0.29, 0.717) is 5.56 Å². The molecular weight excluding hydrogens is 318 g/mol. The van der Waals surface area contributed by atoms with Crippen LogP contribution in [0.3, 0.4) is 0 Å². The summed E-state index contributed by atoms with van der Waals surface area (Å²) < 4.78 is 25.9. The Kier molecular flexibility index (Phi) is 5.97. The monoisotopic (exact) mass is 334 g/mol. The van der Waals surface area contributed by atoms with Crippen molar-refractivity contribution in [3.63, 3.8) is 0 Å². The zero-order chi connectivity index (χ0) is 17.5. The molecule has 0 saturated heterocycles. The highest BCUT2D eigenvalue weighted by molar-refractivity contribution is 5.96. The maximum atomic E-state index is 13.1. The molecular formula is C17H16F2N2O3. The lowest BCUT2D eigenvalue weighted by Gasteiger charge is -2.10. The van der Waals surface area contributed by atoms with Crippen LogP contribution < -0.4 is 10.6 Å². The molecule has 2 rings (SSSR count). The summed E-state index contributed by atoms with van der Waals surface area (Å²) in [5, 5.41) is 14.1. The van der Waals surface area contributed by atoms with E-state index >= 15 is 0 Å². The summed E-state index contributed by atoms with van der Waals surface area (Å²) in [5.41, 5.74) is 1.39. The van der Waals surface area contributed by atoms with Crippen LogP contribution in [0.2, 0.25) is 0 Å². The van der Waals surface area contributed by atoms with Crippen molar-refractivity contribution in [2.75, 3.05) is 6.54 Å². The first-order valence-corrected chi connectivity index (χ1v) is 7.19. The van der Waals surface area contributed by atoms with Crippen LogP contribution in [-0.4, -0.2) is 23.5 Å². The fraction of sp³-hybridized carbons (Fsp3) is 0.176. The number of aliphatic hydroxyl groups excluding tert-OH is 1. The molecule has 0 radical (unpaired) electrons. The summed E-state index contributed by atoms with van der Waals surface area (Å²) in [6, 6.07) is 9.81. The predicted octanol–water partition coefficient (Wildman–Crippen LogP) is 1.50. The van der Waals surface area contributed by atoms with Gasteiger partial charge in [-0.25, -0.2) is 8.78 Å². The molecule has 2 amide bonds. The van der Waals surface area contributed by atoms with E-state index < -0.39 is 23.4 Å². The van der Waals surface area contributed by atoms with Crippen LogP contribution in [0.1, 0.15) is 21.5 Å². The summed E-state index contributed by atoms with van der Waals surface area (Å²) in [6.07, 6.45) is 0. The van der Waals surface area contributed by atoms with Gasteiger partial charge in [-0.15, -0.1) is 0 Å². The second-order valence-electron chi connectivity index (χ2n) is 5.02. The molecule has 0 atom stereocenters. The lowest BCUT2D eigenvalue weighted by Crippen LogP contribution is -2.36. The smallest absolute Gasteiger partial charge is 0.251 e. The fourth-order valence-electron chi connectivity index (χ4n) is 2.04. The Morgan fingerprint density at radius 1 is 0.958 bits per heavy atom. The summed E-state index contributed by atoms with van der Waals surface area (Å²) in [5.74, 6) is -3.31. The lowest BCUT2D eigenvalue weighted by molar-refractivity contribution is -0.120. The van der Waals surface area contributed by atoms with Gasteiger partial charge in [0.05, 0.1) is 13.2 Å². The summed E-state index contributed by atoms with van der Waals surface area (Å²) in [7, 11) is 0. The number of aliphatic hydroxyl groups is 1. The molecule has 7 heteroatoms. The van der Waals surface area contributed by atoms with Gasteiger partial charge in [-0.2, -0.15) is 0 Å². The molecule has 0 fully saturated rings. The zero-order valence-electron chi connectivity index (χ0n) is 12.7. The maximum absolute atomic E-state index is 13.1. The summed E-state index contributed by atoms with van der Waals surface area (Å²) in [6.45, 7) is -0.241. The predicted molar refractivity (Wildman–Crippen MR) is 82.9 cm³/mol. The Bertz CT molecular complexity index is 750. The minimum absolute atomic E-state index is 0.0765. The average Bonchev–Trinajstić information content (AvgIpc) is 2.60. The molecule has 126 valence electrons. The Morgan fingerprint density at radius 2 is 1.67 bits per heavy atom. The van der Waals surface area contributed by atoms with Gasteiger partial charge >= 0.3 is 0 Å². The van der Waals surface area contributed by atoms with Crippen LogP contribution >= 0.6 is 0 Å². The van der Waals surface area contributed by atoms with Gasteiger partial charge in [-0.1, -0.05) is 24.3 Å². The highest BCUT2D eigenvalue weighted by Crippen LogP contribution is 2.09. The van der Waals surface area contributed by atoms with Crippen LogP contribution in [0.4, 0.5) is 8.78 Å². The number of nitrogens with one attached hydrogen (secondary N) is 2. The second kappa shape index (κ2) is 8.16. The third-order valence-corrected chi connectivity index (χ3v) is 3.36. The molecule has 0 unspecified atom stereocenters. The number of benzene rings is 2. The first-order valence-electron chi connectivity index (χ1n) is 7.19. The molecule has 5 nitrogen and oxygen atoms in total. The minimum Gasteiger partial charge on any atom is -0.392 e. The lowest BCUT2D eigenvalue weighted by atomic mass is 10.1. The molecule has 0 aliphatic heterocycles. The van der Waals surface area contributed by atoms with E-state index in [0.717, 1.165) is 23.8 Å². The highest BCUT2D eigenvalue weighted by atomic mass is 19.2. The third kappa shape index (κ3) is 4.60. The van der Waals surface area contributed by atoms with Crippen LogP contribution in [0.5, 0.6) is 0 Å². The normalized spacial score (nSPS) is 10.3.